The number of hydrogen-bond acceptors (Lipinski definition) is 4. The van der Waals surface area contributed by atoms with Crippen molar-refractivity contribution >= 4 is 17.2 Å². The number of aromatic nitrogens is 4. The van der Waals surface area contributed by atoms with E-state index in [2.05, 4.69) is 19.8 Å². The van der Waals surface area contributed by atoms with Crippen LogP contribution in [-0.4, -0.2) is 25.9 Å². The minimum absolute atomic E-state index is 0.115. The summed E-state index contributed by atoms with van der Waals surface area (Å²) < 4.78 is 42.0. The van der Waals surface area contributed by atoms with Gasteiger partial charge in [-0.3, -0.25) is 4.98 Å². The van der Waals surface area contributed by atoms with Gasteiger partial charge in [0.05, 0.1) is 6.20 Å². The predicted octanol–water partition coefficient (Wildman–Crippen LogP) is 3.95. The van der Waals surface area contributed by atoms with Crippen LogP contribution in [0.3, 0.4) is 0 Å². The highest BCUT2D eigenvalue weighted by molar-refractivity contribution is 6.29. The summed E-state index contributed by atoms with van der Waals surface area (Å²) in [6, 6.07) is 4.60. The van der Waals surface area contributed by atoms with Crippen LogP contribution in [0.15, 0.2) is 36.8 Å². The van der Waals surface area contributed by atoms with E-state index in [1.54, 1.807) is 29.0 Å². The normalized spacial score (nSPS) is 20.3. The summed E-state index contributed by atoms with van der Waals surface area (Å²) in [5.41, 5.74) is 2.40. The highest BCUT2D eigenvalue weighted by Crippen LogP contribution is 2.55. The second-order valence-electron chi connectivity index (χ2n) is 5.53. The molecule has 2 atom stereocenters. The number of fused-ring (bicyclic) bond motifs is 1. The summed E-state index contributed by atoms with van der Waals surface area (Å²) in [5.74, 6) is -0.0489. The van der Waals surface area contributed by atoms with Gasteiger partial charge in [0, 0.05) is 29.6 Å². The van der Waals surface area contributed by atoms with Gasteiger partial charge in [0.1, 0.15) is 10.9 Å². The van der Waals surface area contributed by atoms with Gasteiger partial charge in [-0.15, -0.1) is 13.2 Å². The van der Waals surface area contributed by atoms with Gasteiger partial charge in [0.15, 0.2) is 5.65 Å². The molecular weight excluding hydrogens is 345 g/mol. The van der Waals surface area contributed by atoms with Crippen LogP contribution in [0.2, 0.25) is 5.15 Å². The Hall–Kier alpha value is -2.35. The van der Waals surface area contributed by atoms with Crippen molar-refractivity contribution in [3.8, 4) is 5.75 Å². The Morgan fingerprint density at radius 1 is 1.21 bits per heavy atom. The van der Waals surface area contributed by atoms with Crippen LogP contribution < -0.4 is 4.74 Å². The minimum Gasteiger partial charge on any atom is -0.404 e. The SMILES string of the molecule is FC(F)(F)Oc1ccc([C@H]2C[C@@H]2c2cc(Cl)nn3ccnc23)nc1. The summed E-state index contributed by atoms with van der Waals surface area (Å²) >= 11 is 6.03. The fourth-order valence-electron chi connectivity index (χ4n) is 2.85. The third-order valence-corrected chi connectivity index (χ3v) is 4.11. The molecule has 5 nitrogen and oxygen atoms in total. The van der Waals surface area contributed by atoms with E-state index in [4.69, 9.17) is 11.6 Å². The van der Waals surface area contributed by atoms with Crippen molar-refractivity contribution in [2.24, 2.45) is 0 Å². The molecule has 1 saturated carbocycles. The second kappa shape index (κ2) is 5.34. The van der Waals surface area contributed by atoms with Gasteiger partial charge in [-0.25, -0.2) is 9.50 Å². The Bertz CT molecular complexity index is 894. The number of halogens is 4. The molecule has 0 unspecified atom stereocenters. The van der Waals surface area contributed by atoms with Gasteiger partial charge in [-0.2, -0.15) is 5.10 Å². The molecule has 4 rings (SSSR count). The highest BCUT2D eigenvalue weighted by atomic mass is 35.5. The Balaban J connectivity index is 1.56. The molecule has 1 aliphatic carbocycles. The number of imidazole rings is 1. The molecule has 0 aliphatic heterocycles. The maximum Gasteiger partial charge on any atom is 0.573 e. The molecule has 3 aromatic rings. The summed E-state index contributed by atoms with van der Waals surface area (Å²) in [5, 5.41) is 4.49. The maximum absolute atomic E-state index is 12.2. The highest BCUT2D eigenvalue weighted by Gasteiger charge is 2.42. The molecule has 24 heavy (non-hydrogen) atoms. The van der Waals surface area contributed by atoms with E-state index >= 15 is 0 Å². The molecule has 0 aromatic carbocycles. The molecule has 0 radical (unpaired) electrons. The molecule has 0 amide bonds. The van der Waals surface area contributed by atoms with Crippen molar-refractivity contribution in [3.05, 3.63) is 53.2 Å². The summed E-state index contributed by atoms with van der Waals surface area (Å²) in [6.45, 7) is 0. The lowest BCUT2D eigenvalue weighted by Crippen LogP contribution is -2.17. The van der Waals surface area contributed by atoms with E-state index in [-0.39, 0.29) is 17.6 Å². The number of hydrogen-bond donors (Lipinski definition) is 0. The summed E-state index contributed by atoms with van der Waals surface area (Å²) in [7, 11) is 0. The molecule has 3 heterocycles. The maximum atomic E-state index is 12.2. The number of pyridine rings is 1. The monoisotopic (exact) mass is 354 g/mol. The van der Waals surface area contributed by atoms with Crippen molar-refractivity contribution in [2.45, 2.75) is 24.6 Å². The largest absolute Gasteiger partial charge is 0.573 e. The van der Waals surface area contributed by atoms with Gasteiger partial charge in [-0.1, -0.05) is 11.6 Å². The zero-order valence-corrected chi connectivity index (χ0v) is 12.8. The van der Waals surface area contributed by atoms with Gasteiger partial charge in [-0.05, 0) is 30.5 Å². The lowest BCUT2D eigenvalue weighted by Gasteiger charge is -2.08. The van der Waals surface area contributed by atoms with E-state index < -0.39 is 6.36 Å². The number of alkyl halides is 3. The van der Waals surface area contributed by atoms with Crippen molar-refractivity contribution in [1.29, 1.82) is 0 Å². The molecule has 0 spiro atoms. The van der Waals surface area contributed by atoms with Crippen LogP contribution >= 0.6 is 11.6 Å². The van der Waals surface area contributed by atoms with Crippen LogP contribution in [0.4, 0.5) is 13.2 Å². The molecule has 0 N–H and O–H groups in total. The van der Waals surface area contributed by atoms with E-state index in [0.717, 1.165) is 23.8 Å². The zero-order valence-electron chi connectivity index (χ0n) is 12.0. The van der Waals surface area contributed by atoms with Crippen LogP contribution in [0.5, 0.6) is 5.75 Å². The van der Waals surface area contributed by atoms with Crippen LogP contribution in [0, 0.1) is 0 Å². The molecule has 0 saturated heterocycles. The molecule has 3 aromatic heterocycles. The first-order valence-corrected chi connectivity index (χ1v) is 7.50. The Kier molecular flexibility index (Phi) is 3.38. The fraction of sp³-hybridized carbons (Fsp3) is 0.267. The van der Waals surface area contributed by atoms with Gasteiger partial charge >= 0.3 is 6.36 Å². The van der Waals surface area contributed by atoms with E-state index in [1.807, 2.05) is 0 Å². The molecular formula is C15H10ClF3N4O. The van der Waals surface area contributed by atoms with Crippen molar-refractivity contribution < 1.29 is 17.9 Å². The second-order valence-corrected chi connectivity index (χ2v) is 5.92. The topological polar surface area (TPSA) is 52.3 Å². The Morgan fingerprint density at radius 3 is 2.75 bits per heavy atom. The first-order chi connectivity index (χ1) is 11.4. The molecule has 9 heteroatoms. The van der Waals surface area contributed by atoms with Crippen molar-refractivity contribution in [1.82, 2.24) is 19.6 Å². The first-order valence-electron chi connectivity index (χ1n) is 7.12. The van der Waals surface area contributed by atoms with Crippen LogP contribution in [-0.2, 0) is 0 Å². The van der Waals surface area contributed by atoms with Crippen LogP contribution in [0.1, 0.15) is 29.5 Å². The summed E-state index contributed by atoms with van der Waals surface area (Å²) in [4.78, 5) is 8.37. The third-order valence-electron chi connectivity index (χ3n) is 3.92. The van der Waals surface area contributed by atoms with Gasteiger partial charge in [0.25, 0.3) is 0 Å². The van der Waals surface area contributed by atoms with Gasteiger partial charge in [0.2, 0.25) is 0 Å². The summed E-state index contributed by atoms with van der Waals surface area (Å²) in [6.07, 6.45) is 0.550. The average molecular weight is 355 g/mol. The molecule has 0 bridgehead atoms. The molecule has 1 fully saturated rings. The number of nitrogens with zero attached hydrogens (tertiary/aromatic N) is 4. The lowest BCUT2D eigenvalue weighted by atomic mass is 10.1. The zero-order chi connectivity index (χ0) is 16.9. The smallest absolute Gasteiger partial charge is 0.404 e. The Morgan fingerprint density at radius 2 is 2.04 bits per heavy atom. The molecule has 124 valence electrons. The first kappa shape index (κ1) is 15.2. The minimum atomic E-state index is -4.72. The average Bonchev–Trinajstić information content (AvgIpc) is 3.15. The predicted molar refractivity (Wildman–Crippen MR) is 79.0 cm³/mol. The quantitative estimate of drug-likeness (QED) is 0.714. The van der Waals surface area contributed by atoms with Crippen LogP contribution in [0.25, 0.3) is 5.65 Å². The number of rotatable bonds is 3. The third kappa shape index (κ3) is 2.89. The Labute approximate surface area is 139 Å². The standard InChI is InChI=1S/C15H10ClF3N4O/c16-13-6-11(14-20-3-4-23(14)22-13)9-5-10(9)12-2-1-8(7-21-12)24-15(17,18)19/h1-4,6-7,9-10H,5H2/t9-,10-/m0/s1. The lowest BCUT2D eigenvalue weighted by molar-refractivity contribution is -0.274. The number of ether oxygens (including phenoxy) is 1. The van der Waals surface area contributed by atoms with E-state index in [1.165, 1.54) is 6.07 Å². The van der Waals surface area contributed by atoms with Crippen molar-refractivity contribution in [3.63, 3.8) is 0 Å². The van der Waals surface area contributed by atoms with E-state index in [0.29, 0.717) is 10.8 Å². The fourth-order valence-corrected chi connectivity index (χ4v) is 3.05. The van der Waals surface area contributed by atoms with Gasteiger partial charge < -0.3 is 4.74 Å². The van der Waals surface area contributed by atoms with Crippen molar-refractivity contribution in [2.75, 3.05) is 0 Å². The molecule has 1 aliphatic rings. The van der Waals surface area contributed by atoms with E-state index in [9.17, 15) is 13.2 Å².